The van der Waals surface area contributed by atoms with Gasteiger partial charge in [0.05, 0.1) is 37.3 Å². The first-order valence-corrected chi connectivity index (χ1v) is 10.5. The molecule has 9 heteroatoms. The van der Waals surface area contributed by atoms with E-state index < -0.39 is 20.4 Å². The topological polar surface area (TPSA) is 67.3 Å². The van der Waals surface area contributed by atoms with Crippen LogP contribution in [0.25, 0.3) is 11.0 Å². The van der Waals surface area contributed by atoms with Crippen LogP contribution in [-0.4, -0.2) is 26.4 Å². The minimum atomic E-state index is -3.96. The number of fused-ring (bicyclic) bond motifs is 1. The molecule has 1 aliphatic heterocycles. The van der Waals surface area contributed by atoms with Crippen molar-refractivity contribution in [1.29, 1.82) is 0 Å². The van der Waals surface area contributed by atoms with Gasteiger partial charge in [0.25, 0.3) is 0 Å². The number of amides is 1. The predicted molar refractivity (Wildman–Crippen MR) is 110 cm³/mol. The highest BCUT2D eigenvalue weighted by atomic mass is 35.5. The molecule has 28 heavy (non-hydrogen) atoms. The first-order valence-electron chi connectivity index (χ1n) is 8.24. The number of sulfone groups is 1. The standard InChI is InChI=1S/C19H17Cl2FN2O3S/c1-10(25)24(4)18-14(20)6-5-12(17(18)21)16-8-15-13(7-11(22)9-23-15)19(2,3)28(16,26)27/h5-9H,1-4H3. The van der Waals surface area contributed by atoms with Gasteiger partial charge in [0.1, 0.15) is 5.82 Å². The fraction of sp³-hybridized carbons (Fsp3) is 0.263. The molecular weight excluding hydrogens is 426 g/mol. The average Bonchev–Trinajstić information content (AvgIpc) is 2.60. The van der Waals surface area contributed by atoms with Gasteiger partial charge in [-0.2, -0.15) is 0 Å². The van der Waals surface area contributed by atoms with Gasteiger partial charge in [-0.25, -0.2) is 12.8 Å². The van der Waals surface area contributed by atoms with Crippen LogP contribution in [0, 0.1) is 5.82 Å². The molecule has 0 saturated heterocycles. The summed E-state index contributed by atoms with van der Waals surface area (Å²) in [5.41, 5.74) is 1.00. The van der Waals surface area contributed by atoms with E-state index in [0.717, 1.165) is 6.20 Å². The van der Waals surface area contributed by atoms with E-state index in [-0.39, 0.29) is 37.7 Å². The maximum Gasteiger partial charge on any atom is 0.223 e. The second-order valence-electron chi connectivity index (χ2n) is 6.94. The van der Waals surface area contributed by atoms with Crippen LogP contribution < -0.4 is 4.90 Å². The first kappa shape index (κ1) is 20.8. The molecule has 0 bridgehead atoms. The quantitative estimate of drug-likeness (QED) is 0.677. The number of pyridine rings is 1. The molecule has 0 atom stereocenters. The van der Waals surface area contributed by atoms with E-state index in [2.05, 4.69) is 4.98 Å². The van der Waals surface area contributed by atoms with Crippen molar-refractivity contribution < 1.29 is 17.6 Å². The lowest BCUT2D eigenvalue weighted by atomic mass is 9.98. The van der Waals surface area contributed by atoms with Gasteiger partial charge in [0, 0.05) is 25.1 Å². The number of benzene rings is 1. The SMILES string of the molecule is CC(=O)N(C)c1c(Cl)ccc(C2=Cc3ncc(F)cc3C(C)(C)S2(=O)=O)c1Cl. The van der Waals surface area contributed by atoms with Crippen molar-refractivity contribution in [2.45, 2.75) is 25.5 Å². The molecule has 0 unspecified atom stereocenters. The number of aromatic nitrogens is 1. The first-order chi connectivity index (χ1) is 12.9. The number of nitrogens with zero attached hydrogens (tertiary/aromatic N) is 2. The number of anilines is 1. The van der Waals surface area contributed by atoms with Crippen LogP contribution >= 0.6 is 23.2 Å². The van der Waals surface area contributed by atoms with Crippen molar-refractivity contribution in [3.63, 3.8) is 0 Å². The second kappa shape index (κ2) is 6.83. The number of hydrogen-bond donors (Lipinski definition) is 0. The Hall–Kier alpha value is -1.96. The van der Waals surface area contributed by atoms with Crippen molar-refractivity contribution in [3.8, 4) is 0 Å². The van der Waals surface area contributed by atoms with Gasteiger partial charge in [0.2, 0.25) is 5.91 Å². The maximum absolute atomic E-state index is 13.7. The van der Waals surface area contributed by atoms with Crippen molar-refractivity contribution >= 4 is 55.6 Å². The Labute approximate surface area is 172 Å². The van der Waals surface area contributed by atoms with Crippen molar-refractivity contribution in [3.05, 3.63) is 57.1 Å². The van der Waals surface area contributed by atoms with Crippen LogP contribution in [0.5, 0.6) is 0 Å². The summed E-state index contributed by atoms with van der Waals surface area (Å²) in [7, 11) is -2.47. The van der Waals surface area contributed by atoms with E-state index in [1.54, 1.807) is 0 Å². The molecular formula is C19H17Cl2FN2O3S. The molecule has 5 nitrogen and oxygen atoms in total. The summed E-state index contributed by atoms with van der Waals surface area (Å²) in [6.45, 7) is 4.32. The van der Waals surface area contributed by atoms with Crippen molar-refractivity contribution in [2.75, 3.05) is 11.9 Å². The molecule has 0 radical (unpaired) electrons. The zero-order valence-electron chi connectivity index (χ0n) is 15.5. The van der Waals surface area contributed by atoms with E-state index >= 15 is 0 Å². The minimum Gasteiger partial charge on any atom is -0.313 e. The number of hydrogen-bond acceptors (Lipinski definition) is 4. The Morgan fingerprint density at radius 2 is 1.89 bits per heavy atom. The smallest absolute Gasteiger partial charge is 0.223 e. The molecule has 2 aromatic rings. The van der Waals surface area contributed by atoms with Crippen molar-refractivity contribution in [2.24, 2.45) is 0 Å². The third-order valence-corrected chi connectivity index (χ3v) is 8.07. The van der Waals surface area contributed by atoms with E-state index in [4.69, 9.17) is 23.2 Å². The van der Waals surface area contributed by atoms with Crippen molar-refractivity contribution in [1.82, 2.24) is 4.98 Å². The summed E-state index contributed by atoms with van der Waals surface area (Å²) in [5, 5.41) is 0.238. The highest BCUT2D eigenvalue weighted by Crippen LogP contribution is 2.48. The molecule has 148 valence electrons. The summed E-state index contributed by atoms with van der Waals surface area (Å²) in [6, 6.07) is 4.14. The van der Waals surface area contributed by atoms with E-state index in [1.807, 2.05) is 0 Å². The molecule has 0 fully saturated rings. The fourth-order valence-corrected chi connectivity index (χ4v) is 5.60. The molecule has 0 saturated carbocycles. The highest BCUT2D eigenvalue weighted by molar-refractivity contribution is 8.01. The molecule has 0 aliphatic carbocycles. The molecule has 1 aromatic heterocycles. The summed E-state index contributed by atoms with van der Waals surface area (Å²) >= 11 is 12.7. The highest BCUT2D eigenvalue weighted by Gasteiger charge is 2.45. The number of halogens is 3. The summed E-state index contributed by atoms with van der Waals surface area (Å²) < 4.78 is 39.0. The Balaban J connectivity index is 2.34. The van der Waals surface area contributed by atoms with Gasteiger partial charge in [0.15, 0.2) is 9.84 Å². The predicted octanol–water partition coefficient (Wildman–Crippen LogP) is 4.67. The van der Waals surface area contributed by atoms with Gasteiger partial charge < -0.3 is 4.90 Å². The average molecular weight is 443 g/mol. The van der Waals surface area contributed by atoms with Crippen LogP contribution in [0.3, 0.4) is 0 Å². The van der Waals surface area contributed by atoms with Crippen LogP contribution in [0.4, 0.5) is 10.1 Å². The van der Waals surface area contributed by atoms with Crippen LogP contribution in [0.2, 0.25) is 10.0 Å². The monoisotopic (exact) mass is 442 g/mol. The molecule has 1 amide bonds. The lowest BCUT2D eigenvalue weighted by Gasteiger charge is -2.32. The Morgan fingerprint density at radius 1 is 1.25 bits per heavy atom. The zero-order chi connectivity index (χ0) is 21.0. The largest absolute Gasteiger partial charge is 0.313 e. The van der Waals surface area contributed by atoms with Gasteiger partial charge in [-0.05, 0) is 32.1 Å². The minimum absolute atomic E-state index is 0.0291. The van der Waals surface area contributed by atoms with Crippen LogP contribution in [0.15, 0.2) is 24.4 Å². The van der Waals surface area contributed by atoms with Gasteiger partial charge >= 0.3 is 0 Å². The zero-order valence-corrected chi connectivity index (χ0v) is 17.9. The Kier molecular flexibility index (Phi) is 5.06. The van der Waals surface area contributed by atoms with E-state index in [0.29, 0.717) is 5.69 Å². The molecule has 3 rings (SSSR count). The third-order valence-electron chi connectivity index (χ3n) is 4.90. The van der Waals surface area contributed by atoms with Crippen LogP contribution in [-0.2, 0) is 19.4 Å². The maximum atomic E-state index is 13.7. The molecule has 0 N–H and O–H groups in total. The fourth-order valence-electron chi connectivity index (χ4n) is 3.09. The van der Waals surface area contributed by atoms with E-state index in [1.165, 1.54) is 57.0 Å². The molecule has 2 heterocycles. The lowest BCUT2D eigenvalue weighted by Crippen LogP contribution is -2.34. The van der Waals surface area contributed by atoms with Crippen LogP contribution in [0.1, 0.15) is 37.6 Å². The third kappa shape index (κ3) is 3.02. The Morgan fingerprint density at radius 3 is 2.50 bits per heavy atom. The number of carbonyl (C=O) groups is 1. The molecule has 0 spiro atoms. The number of rotatable bonds is 2. The lowest BCUT2D eigenvalue weighted by molar-refractivity contribution is -0.116. The summed E-state index contributed by atoms with van der Waals surface area (Å²) in [5.74, 6) is -0.932. The number of carbonyl (C=O) groups excluding carboxylic acids is 1. The van der Waals surface area contributed by atoms with Gasteiger partial charge in [-0.1, -0.05) is 29.3 Å². The van der Waals surface area contributed by atoms with Gasteiger partial charge in [-0.3, -0.25) is 9.78 Å². The molecule has 1 aliphatic rings. The Bertz CT molecular complexity index is 1140. The van der Waals surface area contributed by atoms with E-state index in [9.17, 15) is 17.6 Å². The summed E-state index contributed by atoms with van der Waals surface area (Å²) in [6.07, 6.45) is 2.39. The second-order valence-corrected chi connectivity index (χ2v) is 10.2. The van der Waals surface area contributed by atoms with Gasteiger partial charge in [-0.15, -0.1) is 0 Å². The molecule has 1 aromatic carbocycles. The summed E-state index contributed by atoms with van der Waals surface area (Å²) in [4.78, 5) is 17.0. The normalized spacial score (nSPS) is 16.9.